The van der Waals surface area contributed by atoms with Crippen LogP contribution in [0.2, 0.25) is 0 Å². The topological polar surface area (TPSA) is 35.5 Å². The molecule has 1 aromatic carbocycles. The predicted molar refractivity (Wildman–Crippen MR) is 60.7 cm³/mol. The van der Waals surface area contributed by atoms with Crippen LogP contribution in [0.5, 0.6) is 5.75 Å². The molecule has 18 heavy (non-hydrogen) atoms. The van der Waals surface area contributed by atoms with Crippen molar-refractivity contribution in [2.75, 3.05) is 6.61 Å². The molecule has 100 valence electrons. The van der Waals surface area contributed by atoms with Gasteiger partial charge in [-0.2, -0.15) is 0 Å². The lowest BCUT2D eigenvalue weighted by Crippen LogP contribution is -2.19. The SMILES string of the molecule is CCOC(=O)Cc1c(S)cccc1OC(F)(F)F. The van der Waals surface area contributed by atoms with Gasteiger partial charge in [-0.1, -0.05) is 6.07 Å². The zero-order valence-corrected chi connectivity index (χ0v) is 10.3. The minimum Gasteiger partial charge on any atom is -0.466 e. The van der Waals surface area contributed by atoms with Gasteiger partial charge in [0.05, 0.1) is 13.0 Å². The summed E-state index contributed by atoms with van der Waals surface area (Å²) in [4.78, 5) is 11.5. The summed E-state index contributed by atoms with van der Waals surface area (Å²) in [5.74, 6) is -1.07. The number of thiol groups is 1. The number of benzene rings is 1. The number of hydrogen-bond acceptors (Lipinski definition) is 4. The molecule has 0 aliphatic carbocycles. The highest BCUT2D eigenvalue weighted by Gasteiger charge is 2.32. The number of esters is 1. The molecule has 0 amide bonds. The van der Waals surface area contributed by atoms with Gasteiger partial charge in [0.2, 0.25) is 0 Å². The molecule has 0 atom stereocenters. The van der Waals surface area contributed by atoms with Crippen molar-refractivity contribution in [2.24, 2.45) is 0 Å². The molecule has 0 heterocycles. The molecule has 0 spiro atoms. The minimum absolute atomic E-state index is 0.0524. The molecule has 0 N–H and O–H groups in total. The lowest BCUT2D eigenvalue weighted by Gasteiger charge is -2.14. The first-order valence-corrected chi connectivity index (χ1v) is 5.50. The van der Waals surface area contributed by atoms with Gasteiger partial charge in [0.15, 0.2) is 0 Å². The lowest BCUT2D eigenvalue weighted by molar-refractivity contribution is -0.275. The molecule has 1 aromatic rings. The van der Waals surface area contributed by atoms with Gasteiger partial charge < -0.3 is 9.47 Å². The Morgan fingerprint density at radius 3 is 2.61 bits per heavy atom. The van der Waals surface area contributed by atoms with Crippen molar-refractivity contribution in [3.63, 3.8) is 0 Å². The lowest BCUT2D eigenvalue weighted by atomic mass is 10.1. The van der Waals surface area contributed by atoms with Crippen LogP contribution in [0.1, 0.15) is 12.5 Å². The van der Waals surface area contributed by atoms with E-state index in [4.69, 9.17) is 0 Å². The van der Waals surface area contributed by atoms with Crippen LogP contribution < -0.4 is 4.74 Å². The maximum Gasteiger partial charge on any atom is 0.573 e. The van der Waals surface area contributed by atoms with Gasteiger partial charge in [-0.05, 0) is 19.1 Å². The highest BCUT2D eigenvalue weighted by Crippen LogP contribution is 2.30. The summed E-state index contributed by atoms with van der Waals surface area (Å²) in [6.07, 6.45) is -5.14. The zero-order valence-electron chi connectivity index (χ0n) is 9.45. The fourth-order valence-electron chi connectivity index (χ4n) is 1.31. The highest BCUT2D eigenvalue weighted by molar-refractivity contribution is 7.80. The van der Waals surface area contributed by atoms with E-state index in [-0.39, 0.29) is 23.5 Å². The predicted octanol–water partition coefficient (Wildman–Crippen LogP) is 2.98. The second-order valence-corrected chi connectivity index (χ2v) is 3.77. The van der Waals surface area contributed by atoms with Crippen molar-refractivity contribution in [3.05, 3.63) is 23.8 Å². The number of rotatable bonds is 4. The van der Waals surface area contributed by atoms with Crippen molar-refractivity contribution >= 4 is 18.6 Å². The van der Waals surface area contributed by atoms with Crippen LogP contribution in [0.25, 0.3) is 0 Å². The number of hydrogen-bond donors (Lipinski definition) is 1. The average molecular weight is 280 g/mol. The Morgan fingerprint density at radius 2 is 2.06 bits per heavy atom. The molecule has 7 heteroatoms. The van der Waals surface area contributed by atoms with Crippen molar-refractivity contribution < 1.29 is 27.4 Å². The van der Waals surface area contributed by atoms with Gasteiger partial charge in [-0.15, -0.1) is 25.8 Å². The van der Waals surface area contributed by atoms with E-state index in [9.17, 15) is 18.0 Å². The fourth-order valence-corrected chi connectivity index (χ4v) is 1.58. The summed E-state index contributed by atoms with van der Waals surface area (Å²) in [5, 5.41) is 0. The first-order chi connectivity index (χ1) is 8.33. The summed E-state index contributed by atoms with van der Waals surface area (Å²) in [5.41, 5.74) is 0.0524. The second kappa shape index (κ2) is 5.99. The third-order valence-corrected chi connectivity index (χ3v) is 2.38. The summed E-state index contributed by atoms with van der Waals surface area (Å²) in [6.45, 7) is 1.76. The maximum absolute atomic E-state index is 12.2. The largest absolute Gasteiger partial charge is 0.573 e. The molecule has 0 aromatic heterocycles. The van der Waals surface area contributed by atoms with E-state index >= 15 is 0 Å². The monoisotopic (exact) mass is 280 g/mol. The van der Waals surface area contributed by atoms with Crippen molar-refractivity contribution in [1.82, 2.24) is 0 Å². The summed E-state index contributed by atoms with van der Waals surface area (Å²) < 4.78 is 45.0. The van der Waals surface area contributed by atoms with E-state index in [1.54, 1.807) is 6.92 Å². The molecular weight excluding hydrogens is 269 g/mol. The molecule has 1 rings (SSSR count). The average Bonchev–Trinajstić information content (AvgIpc) is 2.21. The second-order valence-electron chi connectivity index (χ2n) is 3.28. The standard InChI is InChI=1S/C11H11F3O3S/c1-2-16-10(15)6-7-8(17-11(12,13)14)4-3-5-9(7)18/h3-5,18H,2,6H2,1H3. The number of alkyl halides is 3. The Balaban J connectivity index is 2.97. The molecule has 0 radical (unpaired) electrons. The molecule has 0 bridgehead atoms. The first-order valence-electron chi connectivity index (χ1n) is 5.05. The smallest absolute Gasteiger partial charge is 0.466 e. The van der Waals surface area contributed by atoms with E-state index in [1.807, 2.05) is 0 Å². The van der Waals surface area contributed by atoms with Crippen molar-refractivity contribution in [1.29, 1.82) is 0 Å². The third kappa shape index (κ3) is 4.48. The van der Waals surface area contributed by atoms with Gasteiger partial charge in [-0.25, -0.2) is 0 Å². The van der Waals surface area contributed by atoms with Gasteiger partial charge in [0, 0.05) is 10.5 Å². The van der Waals surface area contributed by atoms with Gasteiger partial charge in [-0.3, -0.25) is 4.79 Å². The van der Waals surface area contributed by atoms with Crippen LogP contribution in [-0.4, -0.2) is 18.9 Å². The summed E-state index contributed by atoms with van der Waals surface area (Å²) >= 11 is 4.00. The minimum atomic E-state index is -4.81. The molecule has 0 unspecified atom stereocenters. The fraction of sp³-hybridized carbons (Fsp3) is 0.364. The van der Waals surface area contributed by atoms with E-state index in [0.717, 1.165) is 6.07 Å². The molecule has 0 aliphatic heterocycles. The molecular formula is C11H11F3O3S. The Kier molecular flexibility index (Phi) is 4.89. The summed E-state index contributed by atoms with van der Waals surface area (Å²) in [6, 6.07) is 3.96. The van der Waals surface area contributed by atoms with Crippen LogP contribution in [0.4, 0.5) is 13.2 Å². The highest BCUT2D eigenvalue weighted by atomic mass is 32.1. The van der Waals surface area contributed by atoms with E-state index in [1.165, 1.54) is 12.1 Å². The number of carbonyl (C=O) groups is 1. The quantitative estimate of drug-likeness (QED) is 0.680. The van der Waals surface area contributed by atoms with Gasteiger partial charge >= 0.3 is 12.3 Å². The van der Waals surface area contributed by atoms with E-state index in [2.05, 4.69) is 22.1 Å². The van der Waals surface area contributed by atoms with E-state index in [0.29, 0.717) is 0 Å². The zero-order chi connectivity index (χ0) is 13.8. The Hall–Kier alpha value is -1.37. The normalized spacial score (nSPS) is 11.2. The Bertz CT molecular complexity index is 432. The van der Waals surface area contributed by atoms with Crippen LogP contribution >= 0.6 is 12.6 Å². The van der Waals surface area contributed by atoms with Crippen LogP contribution in [0.15, 0.2) is 23.1 Å². The maximum atomic E-state index is 12.2. The van der Waals surface area contributed by atoms with E-state index < -0.39 is 18.1 Å². The van der Waals surface area contributed by atoms with Crippen LogP contribution in [0.3, 0.4) is 0 Å². The molecule has 0 saturated carbocycles. The van der Waals surface area contributed by atoms with Gasteiger partial charge in [0.1, 0.15) is 5.75 Å². The molecule has 0 saturated heterocycles. The first kappa shape index (κ1) is 14.7. The molecule has 3 nitrogen and oxygen atoms in total. The number of ether oxygens (including phenoxy) is 2. The number of carbonyl (C=O) groups excluding carboxylic acids is 1. The van der Waals surface area contributed by atoms with Crippen molar-refractivity contribution in [2.45, 2.75) is 24.6 Å². The third-order valence-electron chi connectivity index (χ3n) is 1.96. The number of halogens is 3. The Morgan fingerprint density at radius 1 is 1.39 bits per heavy atom. The molecule has 0 fully saturated rings. The van der Waals surface area contributed by atoms with Crippen LogP contribution in [0, 0.1) is 0 Å². The summed E-state index contributed by atoms with van der Waals surface area (Å²) in [7, 11) is 0. The molecule has 0 aliphatic rings. The van der Waals surface area contributed by atoms with Crippen LogP contribution in [-0.2, 0) is 16.0 Å². The Labute approximate surface area is 107 Å². The van der Waals surface area contributed by atoms with Crippen molar-refractivity contribution in [3.8, 4) is 5.75 Å². The van der Waals surface area contributed by atoms with Gasteiger partial charge in [0.25, 0.3) is 0 Å².